The van der Waals surface area contributed by atoms with Crippen LogP contribution in [0.25, 0.3) is 20.2 Å². The van der Waals surface area contributed by atoms with Crippen LogP contribution in [0, 0.1) is 20.8 Å². The number of benzene rings is 13. The number of hydrogen-bond donors (Lipinski definition) is 0. The number of rotatable bonds is 6. The lowest BCUT2D eigenvalue weighted by Gasteiger charge is -2.48. The summed E-state index contributed by atoms with van der Waals surface area (Å²) in [4.78, 5) is 15.6. The molecule has 0 bridgehead atoms. The van der Waals surface area contributed by atoms with Crippen LogP contribution in [0.5, 0.6) is 0 Å². The Morgan fingerprint density at radius 2 is 0.469 bits per heavy atom. The molecule has 0 aliphatic carbocycles. The lowest BCUT2D eigenvalue weighted by Crippen LogP contribution is -2.66. The minimum atomic E-state index is -0.207. The molecule has 0 amide bonds. The summed E-state index contributed by atoms with van der Waals surface area (Å²) in [6, 6.07) is 110. The van der Waals surface area contributed by atoms with Crippen molar-refractivity contribution in [3.8, 4) is 0 Å². The normalized spacial score (nSPS) is 14.0. The molecule has 0 saturated heterocycles. The Balaban J connectivity index is 0.901. The van der Waals surface area contributed by atoms with Crippen molar-refractivity contribution in [1.29, 1.82) is 0 Å². The van der Waals surface area contributed by atoms with E-state index in [0.29, 0.717) is 0 Å². The van der Waals surface area contributed by atoms with Crippen LogP contribution >= 0.6 is 22.7 Å². The Kier molecular flexibility index (Phi) is 11.5. The van der Waals surface area contributed by atoms with E-state index >= 15 is 0 Å². The number of nitrogens with zero attached hydrogens (tertiary/aromatic N) is 6. The number of para-hydroxylation sites is 6. The average molecular weight is 1260 g/mol. The molecule has 0 fully saturated rings. The highest BCUT2D eigenvalue weighted by molar-refractivity contribution is 7.34. The molecule has 0 N–H and O–H groups in total. The summed E-state index contributed by atoms with van der Waals surface area (Å²) in [5, 5.41) is 2.55. The zero-order chi connectivity index (χ0) is 63.2. The second kappa shape index (κ2) is 20.4. The minimum absolute atomic E-state index is 0.0984. The van der Waals surface area contributed by atoms with Crippen LogP contribution in [0.2, 0.25) is 0 Å². The van der Waals surface area contributed by atoms with Gasteiger partial charge < -0.3 is 29.4 Å². The molecule has 15 aromatic rings. The van der Waals surface area contributed by atoms with Crippen molar-refractivity contribution in [3.05, 3.63) is 308 Å². The Morgan fingerprint density at radius 3 is 0.771 bits per heavy atom. The lowest BCUT2D eigenvalue weighted by atomic mass is 9.30. The smallest absolute Gasteiger partial charge is 0.264 e. The maximum Gasteiger partial charge on any atom is 0.264 e. The summed E-state index contributed by atoms with van der Waals surface area (Å²) in [6.45, 7) is 6.45. The molecule has 8 heterocycles. The fourth-order valence-electron chi connectivity index (χ4n) is 17.4. The van der Waals surface area contributed by atoms with Crippen LogP contribution in [0.1, 0.15) is 16.7 Å². The Bertz CT molecular complexity index is 5420. The zero-order valence-electron chi connectivity index (χ0n) is 52.9. The van der Waals surface area contributed by atoms with Crippen LogP contribution in [-0.2, 0) is 0 Å². The molecular weight excluding hydrogens is 1200 g/mol. The van der Waals surface area contributed by atoms with Crippen molar-refractivity contribution < 1.29 is 0 Å². The highest BCUT2D eigenvalue weighted by Gasteiger charge is 2.52. The SMILES string of the molecule is Cc1cc2c3c(c1)N(c1ccccc1)c1cc4c(cc1B3c1cc3c(cc1N2c1ccccc1)N(c1ccccc1)c1cc(C)cc2c1B3c1sc3ccccc3c1N2c1ccccc1)B1c2sc3ccccc3c2N(c2ccccc2)c2cc(C)cc(c21)N4c1ccccc1. The zero-order valence-corrected chi connectivity index (χ0v) is 54.6. The molecule has 96 heavy (non-hydrogen) atoms. The van der Waals surface area contributed by atoms with Crippen LogP contribution < -0.4 is 77.2 Å². The van der Waals surface area contributed by atoms with Gasteiger partial charge in [-0.05, 0) is 209 Å². The van der Waals surface area contributed by atoms with Gasteiger partial charge in [0.05, 0.1) is 11.4 Å². The average Bonchev–Trinajstić information content (AvgIpc) is 1.04. The van der Waals surface area contributed by atoms with E-state index in [1.807, 2.05) is 22.7 Å². The van der Waals surface area contributed by atoms with Gasteiger partial charge in [0.25, 0.3) is 20.1 Å². The second-order valence-electron chi connectivity index (χ2n) is 26.5. The van der Waals surface area contributed by atoms with E-state index in [1.165, 1.54) is 153 Å². The first kappa shape index (κ1) is 54.2. The van der Waals surface area contributed by atoms with Crippen LogP contribution in [0.4, 0.5) is 102 Å². The van der Waals surface area contributed by atoms with E-state index in [-0.39, 0.29) is 20.1 Å². The molecule has 11 heteroatoms. The minimum Gasteiger partial charge on any atom is -0.311 e. The van der Waals surface area contributed by atoms with Crippen molar-refractivity contribution in [1.82, 2.24) is 0 Å². The van der Waals surface area contributed by atoms with Gasteiger partial charge in [-0.15, -0.1) is 22.7 Å². The summed E-state index contributed by atoms with van der Waals surface area (Å²) in [5.41, 5.74) is 34.1. The molecule has 21 rings (SSSR count). The van der Waals surface area contributed by atoms with E-state index in [1.54, 1.807) is 0 Å². The van der Waals surface area contributed by atoms with Gasteiger partial charge in [-0.1, -0.05) is 158 Å². The van der Waals surface area contributed by atoms with Gasteiger partial charge in [-0.3, -0.25) is 0 Å². The van der Waals surface area contributed by atoms with E-state index in [4.69, 9.17) is 0 Å². The van der Waals surface area contributed by atoms with E-state index in [2.05, 4.69) is 341 Å². The molecule has 6 aliphatic heterocycles. The second-order valence-corrected chi connectivity index (χ2v) is 28.7. The maximum absolute atomic E-state index is 2.70. The Labute approximate surface area is 567 Å². The third-order valence-corrected chi connectivity index (χ3v) is 23.4. The van der Waals surface area contributed by atoms with Gasteiger partial charge in [0.2, 0.25) is 0 Å². The van der Waals surface area contributed by atoms with Crippen molar-refractivity contribution in [2.75, 3.05) is 29.4 Å². The highest BCUT2D eigenvalue weighted by Crippen LogP contribution is 2.54. The molecule has 0 radical (unpaired) electrons. The monoisotopic (exact) mass is 1260 g/mol. The van der Waals surface area contributed by atoms with Gasteiger partial charge in [0.1, 0.15) is 0 Å². The number of aryl methyl sites for hydroxylation is 3. The molecule has 448 valence electrons. The molecule has 0 saturated carbocycles. The first-order valence-electron chi connectivity index (χ1n) is 33.3. The Hall–Kier alpha value is -11.2. The third kappa shape index (κ3) is 7.55. The van der Waals surface area contributed by atoms with Crippen LogP contribution in [-0.4, -0.2) is 20.1 Å². The standard InChI is InChI=1S/C85H57B3N6S2/c1-52-42-71-79-72(43-52)90(56-28-12-5-13-29-56)68-51-70-66(88-81-74(92(70)58-32-16-7-17-33-58)45-54(3)47-76(81)94(60-36-20-9-21-37-60)83-62-39-23-25-41-78(62)96-85(83)88)49-64(68)86(79)63-48-65-69(50-67(63)89(71)55-26-10-4-11-27-55)91(57-30-14-6-15-31-57)73-44-53(2)46-75-80(73)87(65)84-82(61-38-22-24-40-77(61)95-84)93(75)59-34-18-8-19-35-59/h4-51H,1-3H3. The fourth-order valence-corrected chi connectivity index (χ4v) is 20.0. The topological polar surface area (TPSA) is 19.4 Å². The molecule has 6 aliphatic rings. The van der Waals surface area contributed by atoms with Gasteiger partial charge >= 0.3 is 0 Å². The van der Waals surface area contributed by atoms with Crippen molar-refractivity contribution in [2.45, 2.75) is 20.8 Å². The van der Waals surface area contributed by atoms with Gasteiger partial charge in [0.15, 0.2) is 0 Å². The van der Waals surface area contributed by atoms with E-state index in [0.717, 1.165) is 34.1 Å². The quantitative estimate of drug-likeness (QED) is 0.153. The predicted molar refractivity (Wildman–Crippen MR) is 413 cm³/mol. The number of anilines is 18. The Morgan fingerprint density at radius 1 is 0.229 bits per heavy atom. The summed E-state index contributed by atoms with van der Waals surface area (Å²) in [6.07, 6.45) is 0. The van der Waals surface area contributed by atoms with E-state index < -0.39 is 0 Å². The highest BCUT2D eigenvalue weighted by atomic mass is 32.1. The predicted octanol–water partition coefficient (Wildman–Crippen LogP) is 17.3. The van der Waals surface area contributed by atoms with Gasteiger partial charge in [0, 0.05) is 121 Å². The van der Waals surface area contributed by atoms with Crippen LogP contribution in [0.3, 0.4) is 0 Å². The summed E-state index contributed by atoms with van der Waals surface area (Å²) in [5.74, 6) is 0. The summed E-state index contributed by atoms with van der Waals surface area (Å²) < 4.78 is 5.30. The number of hydrogen-bond acceptors (Lipinski definition) is 8. The summed E-state index contributed by atoms with van der Waals surface area (Å²) >= 11 is 3.92. The molecule has 0 atom stereocenters. The molecule has 6 nitrogen and oxygen atoms in total. The van der Waals surface area contributed by atoms with Crippen molar-refractivity contribution >= 4 is 213 Å². The first-order valence-corrected chi connectivity index (χ1v) is 35.0. The first-order chi connectivity index (χ1) is 47.4. The molecule has 2 aromatic heterocycles. The molecule has 0 unspecified atom stereocenters. The fraction of sp³-hybridized carbons (Fsp3) is 0.0353. The third-order valence-electron chi connectivity index (χ3n) is 21.0. The van der Waals surface area contributed by atoms with Gasteiger partial charge in [-0.25, -0.2) is 0 Å². The van der Waals surface area contributed by atoms with Crippen molar-refractivity contribution in [3.63, 3.8) is 0 Å². The maximum atomic E-state index is 2.70. The van der Waals surface area contributed by atoms with E-state index in [9.17, 15) is 0 Å². The molecule has 13 aromatic carbocycles. The number of thiophene rings is 2. The molecular formula is C85H57B3N6S2. The van der Waals surface area contributed by atoms with Gasteiger partial charge in [-0.2, -0.15) is 0 Å². The largest absolute Gasteiger partial charge is 0.311 e. The van der Waals surface area contributed by atoms with Crippen LogP contribution in [0.15, 0.2) is 291 Å². The summed E-state index contributed by atoms with van der Waals surface area (Å²) in [7, 11) is 0. The number of fused-ring (bicyclic) bond motifs is 16. The molecule has 0 spiro atoms. The van der Waals surface area contributed by atoms with Crippen molar-refractivity contribution in [2.24, 2.45) is 0 Å². The lowest BCUT2D eigenvalue weighted by molar-refractivity contribution is 1.22.